The highest BCUT2D eigenvalue weighted by Crippen LogP contribution is 2.48. The fourth-order valence-corrected chi connectivity index (χ4v) is 5.54. The van der Waals surface area contributed by atoms with Gasteiger partial charge in [-0.2, -0.15) is 0 Å². The molecular formula is C12H22N2O2S. The third-order valence-electron chi connectivity index (χ3n) is 4.88. The standard InChI is InChI=1S/C12H22N2O2S/c1-8(7-17(2,15)16)14-11-3-4-12(14)10-6-13-5-9(10)11/h8-13H,3-7H2,1-2H3/t8?,9-,10+,11-,12+. The molecule has 3 aliphatic heterocycles. The van der Waals surface area contributed by atoms with Crippen LogP contribution >= 0.6 is 0 Å². The summed E-state index contributed by atoms with van der Waals surface area (Å²) in [7, 11) is -2.86. The highest BCUT2D eigenvalue weighted by Gasteiger charge is 2.55. The first kappa shape index (κ1) is 11.9. The predicted molar refractivity (Wildman–Crippen MR) is 67.7 cm³/mol. The van der Waals surface area contributed by atoms with Gasteiger partial charge in [0.05, 0.1) is 5.75 Å². The van der Waals surface area contributed by atoms with E-state index in [9.17, 15) is 8.42 Å². The average molecular weight is 258 g/mol. The van der Waals surface area contributed by atoms with Crippen LogP contribution in [0.3, 0.4) is 0 Å². The summed E-state index contributed by atoms with van der Waals surface area (Å²) in [6.07, 6.45) is 3.88. The number of hydrogen-bond donors (Lipinski definition) is 1. The van der Waals surface area contributed by atoms with Crippen molar-refractivity contribution in [2.75, 3.05) is 25.1 Å². The Bertz CT molecular complexity index is 391. The second kappa shape index (κ2) is 3.93. The summed E-state index contributed by atoms with van der Waals surface area (Å²) >= 11 is 0. The summed E-state index contributed by atoms with van der Waals surface area (Å²) in [5, 5.41) is 3.49. The van der Waals surface area contributed by atoms with Crippen LogP contribution in [0.25, 0.3) is 0 Å². The number of hydrogen-bond acceptors (Lipinski definition) is 4. The smallest absolute Gasteiger partial charge is 0.148 e. The fraction of sp³-hybridized carbons (Fsp3) is 1.00. The van der Waals surface area contributed by atoms with E-state index in [0.29, 0.717) is 17.8 Å². The molecule has 3 rings (SSSR count). The summed E-state index contributed by atoms with van der Waals surface area (Å²) in [4.78, 5) is 2.53. The molecule has 1 unspecified atom stereocenters. The Kier molecular flexibility index (Phi) is 2.76. The molecule has 17 heavy (non-hydrogen) atoms. The molecule has 5 atom stereocenters. The van der Waals surface area contributed by atoms with Gasteiger partial charge in [0.2, 0.25) is 0 Å². The number of sulfone groups is 1. The molecule has 3 saturated heterocycles. The van der Waals surface area contributed by atoms with Crippen molar-refractivity contribution in [3.63, 3.8) is 0 Å². The van der Waals surface area contributed by atoms with Crippen molar-refractivity contribution in [1.82, 2.24) is 10.2 Å². The Morgan fingerprint density at radius 1 is 1.24 bits per heavy atom. The van der Waals surface area contributed by atoms with Crippen molar-refractivity contribution < 1.29 is 8.42 Å². The van der Waals surface area contributed by atoms with Gasteiger partial charge in [-0.25, -0.2) is 8.42 Å². The molecule has 0 amide bonds. The molecule has 0 radical (unpaired) electrons. The molecule has 0 spiro atoms. The van der Waals surface area contributed by atoms with E-state index in [4.69, 9.17) is 0 Å². The van der Waals surface area contributed by atoms with E-state index in [2.05, 4.69) is 17.1 Å². The second-order valence-electron chi connectivity index (χ2n) is 6.09. The van der Waals surface area contributed by atoms with Crippen LogP contribution in [0.1, 0.15) is 19.8 Å². The molecular weight excluding hydrogens is 236 g/mol. The van der Waals surface area contributed by atoms with E-state index in [1.54, 1.807) is 0 Å². The average Bonchev–Trinajstić information content (AvgIpc) is 2.86. The Morgan fingerprint density at radius 3 is 2.24 bits per heavy atom. The topological polar surface area (TPSA) is 49.4 Å². The monoisotopic (exact) mass is 258 g/mol. The lowest BCUT2D eigenvalue weighted by Crippen LogP contribution is -2.43. The maximum Gasteiger partial charge on any atom is 0.148 e. The zero-order valence-electron chi connectivity index (χ0n) is 10.6. The third kappa shape index (κ3) is 1.92. The summed E-state index contributed by atoms with van der Waals surface area (Å²) in [6.45, 7) is 4.35. The predicted octanol–water partition coefficient (Wildman–Crippen LogP) is 0.102. The van der Waals surface area contributed by atoms with Crippen molar-refractivity contribution in [2.45, 2.75) is 37.9 Å². The number of nitrogens with zero attached hydrogens (tertiary/aromatic N) is 1. The third-order valence-corrected chi connectivity index (χ3v) is 5.96. The minimum absolute atomic E-state index is 0.188. The first-order valence-electron chi connectivity index (χ1n) is 6.63. The van der Waals surface area contributed by atoms with E-state index in [1.807, 2.05) is 0 Å². The first-order valence-corrected chi connectivity index (χ1v) is 8.69. The quantitative estimate of drug-likeness (QED) is 0.780. The molecule has 5 heteroatoms. The van der Waals surface area contributed by atoms with E-state index in [0.717, 1.165) is 24.9 Å². The molecule has 1 N–H and O–H groups in total. The zero-order chi connectivity index (χ0) is 12.2. The van der Waals surface area contributed by atoms with Gasteiger partial charge in [-0.15, -0.1) is 0 Å². The molecule has 98 valence electrons. The van der Waals surface area contributed by atoms with Crippen molar-refractivity contribution >= 4 is 9.84 Å². The Labute approximate surface area is 104 Å². The van der Waals surface area contributed by atoms with Crippen LogP contribution in [0.2, 0.25) is 0 Å². The largest absolute Gasteiger partial charge is 0.316 e. The van der Waals surface area contributed by atoms with Crippen molar-refractivity contribution in [3.8, 4) is 0 Å². The SMILES string of the molecule is CC(CS(C)(=O)=O)N1[C@@H]2CC[C@H]1[C@H]1CNC[C@H]12. The Hall–Kier alpha value is -0.130. The highest BCUT2D eigenvalue weighted by atomic mass is 32.2. The number of fused-ring (bicyclic) bond motifs is 5. The van der Waals surface area contributed by atoms with Gasteiger partial charge in [0.25, 0.3) is 0 Å². The van der Waals surface area contributed by atoms with Gasteiger partial charge in [-0.3, -0.25) is 4.90 Å². The lowest BCUT2D eigenvalue weighted by Gasteiger charge is -2.30. The van der Waals surface area contributed by atoms with E-state index >= 15 is 0 Å². The van der Waals surface area contributed by atoms with Gasteiger partial charge in [0.1, 0.15) is 9.84 Å². The van der Waals surface area contributed by atoms with Crippen LogP contribution in [0, 0.1) is 11.8 Å². The van der Waals surface area contributed by atoms with Crippen LogP contribution in [-0.2, 0) is 9.84 Å². The molecule has 2 bridgehead atoms. The van der Waals surface area contributed by atoms with Crippen molar-refractivity contribution in [1.29, 1.82) is 0 Å². The number of nitrogens with one attached hydrogen (secondary N) is 1. The minimum atomic E-state index is -2.86. The lowest BCUT2D eigenvalue weighted by atomic mass is 9.82. The maximum atomic E-state index is 11.4. The van der Waals surface area contributed by atoms with Crippen molar-refractivity contribution in [2.24, 2.45) is 11.8 Å². The number of rotatable bonds is 3. The van der Waals surface area contributed by atoms with Crippen LogP contribution in [0.4, 0.5) is 0 Å². The summed E-state index contributed by atoms with van der Waals surface area (Å²) in [6, 6.07) is 1.46. The fourth-order valence-electron chi connectivity index (χ4n) is 4.50. The van der Waals surface area contributed by atoms with Gasteiger partial charge in [-0.1, -0.05) is 0 Å². The van der Waals surface area contributed by atoms with E-state index in [1.165, 1.54) is 19.1 Å². The highest BCUT2D eigenvalue weighted by molar-refractivity contribution is 7.90. The van der Waals surface area contributed by atoms with Crippen LogP contribution in [0.5, 0.6) is 0 Å². The Morgan fingerprint density at radius 2 is 1.76 bits per heavy atom. The van der Waals surface area contributed by atoms with Gasteiger partial charge in [-0.05, 0) is 44.7 Å². The van der Waals surface area contributed by atoms with E-state index < -0.39 is 9.84 Å². The summed E-state index contributed by atoms with van der Waals surface area (Å²) < 4.78 is 22.9. The van der Waals surface area contributed by atoms with Gasteiger partial charge in [0.15, 0.2) is 0 Å². The zero-order valence-corrected chi connectivity index (χ0v) is 11.4. The lowest BCUT2D eigenvalue weighted by molar-refractivity contribution is 0.181. The molecule has 3 fully saturated rings. The van der Waals surface area contributed by atoms with E-state index in [-0.39, 0.29) is 6.04 Å². The van der Waals surface area contributed by atoms with Crippen molar-refractivity contribution in [3.05, 3.63) is 0 Å². The van der Waals surface area contributed by atoms with Gasteiger partial charge in [0, 0.05) is 24.4 Å². The molecule has 0 saturated carbocycles. The van der Waals surface area contributed by atoms with Gasteiger partial charge < -0.3 is 5.32 Å². The first-order chi connectivity index (χ1) is 7.97. The molecule has 0 aliphatic carbocycles. The molecule has 0 aromatic heterocycles. The molecule has 0 aromatic carbocycles. The summed E-state index contributed by atoms with van der Waals surface area (Å²) in [5.41, 5.74) is 0. The Balaban J connectivity index is 1.77. The summed E-state index contributed by atoms with van der Waals surface area (Å²) in [5.74, 6) is 1.86. The van der Waals surface area contributed by atoms with Crippen LogP contribution in [0.15, 0.2) is 0 Å². The second-order valence-corrected chi connectivity index (χ2v) is 8.27. The molecule has 0 aromatic rings. The molecule has 4 nitrogen and oxygen atoms in total. The van der Waals surface area contributed by atoms with Crippen LogP contribution < -0.4 is 5.32 Å². The molecule has 3 aliphatic rings. The normalized spacial score (nSPS) is 42.9. The molecule has 3 heterocycles. The van der Waals surface area contributed by atoms with Gasteiger partial charge >= 0.3 is 0 Å². The van der Waals surface area contributed by atoms with Crippen LogP contribution in [-0.4, -0.2) is 56.5 Å². The minimum Gasteiger partial charge on any atom is -0.316 e. The maximum absolute atomic E-state index is 11.4.